The molecule has 6 heteroatoms. The van der Waals surface area contributed by atoms with Crippen molar-refractivity contribution in [3.63, 3.8) is 0 Å². The van der Waals surface area contributed by atoms with E-state index in [1.165, 1.54) is 24.3 Å². The quantitative estimate of drug-likeness (QED) is 0.428. The molecule has 1 aromatic carbocycles. The first-order valence-corrected chi connectivity index (χ1v) is 7.57. The van der Waals surface area contributed by atoms with E-state index in [2.05, 4.69) is 0 Å². The number of hydrogen-bond donors (Lipinski definition) is 1. The number of aliphatic carboxylic acids is 1. The average Bonchev–Trinajstić information content (AvgIpc) is 2.51. The van der Waals surface area contributed by atoms with Crippen molar-refractivity contribution in [3.05, 3.63) is 35.6 Å². The van der Waals surface area contributed by atoms with Gasteiger partial charge < -0.3 is 9.84 Å². The number of rotatable bonds is 9. The molecule has 2 atom stereocenters. The standard InChI is InChI=1S/C17H21FO5/c1-3-11(2)23-17(22)14(16(20)21)5-4-6-15(19)12-7-9-13(18)10-8-12/h7-11,14H,3-6H2,1-2H3,(H,20,21). The van der Waals surface area contributed by atoms with Crippen molar-refractivity contribution in [3.8, 4) is 0 Å². The lowest BCUT2D eigenvalue weighted by Gasteiger charge is -2.15. The number of carboxylic acids is 1. The minimum absolute atomic E-state index is 0.0253. The van der Waals surface area contributed by atoms with Gasteiger partial charge in [-0.25, -0.2) is 4.39 Å². The van der Waals surface area contributed by atoms with Gasteiger partial charge in [0.05, 0.1) is 6.10 Å². The first-order chi connectivity index (χ1) is 10.8. The predicted octanol–water partition coefficient (Wildman–Crippen LogP) is 3.22. The van der Waals surface area contributed by atoms with Crippen LogP contribution >= 0.6 is 0 Å². The number of Topliss-reactive ketones (excluding diaryl/α,β-unsaturated/α-hetero) is 1. The summed E-state index contributed by atoms with van der Waals surface area (Å²) in [6.07, 6.45) is 0.609. The van der Waals surface area contributed by atoms with Crippen molar-refractivity contribution in [1.29, 1.82) is 0 Å². The van der Waals surface area contributed by atoms with Gasteiger partial charge in [0.15, 0.2) is 11.7 Å². The highest BCUT2D eigenvalue weighted by atomic mass is 19.1. The topological polar surface area (TPSA) is 80.7 Å². The summed E-state index contributed by atoms with van der Waals surface area (Å²) >= 11 is 0. The van der Waals surface area contributed by atoms with E-state index in [-0.39, 0.29) is 31.1 Å². The Balaban J connectivity index is 2.52. The van der Waals surface area contributed by atoms with Gasteiger partial charge in [-0.3, -0.25) is 14.4 Å². The van der Waals surface area contributed by atoms with Crippen LogP contribution in [0.3, 0.4) is 0 Å². The van der Waals surface area contributed by atoms with Gasteiger partial charge in [0.2, 0.25) is 0 Å². The molecule has 0 aliphatic carbocycles. The highest BCUT2D eigenvalue weighted by Gasteiger charge is 2.28. The number of ketones is 1. The molecule has 0 amide bonds. The number of carbonyl (C=O) groups is 3. The third-order valence-corrected chi connectivity index (χ3v) is 3.54. The normalized spacial score (nSPS) is 13.2. The molecule has 0 aliphatic heterocycles. The summed E-state index contributed by atoms with van der Waals surface area (Å²) in [4.78, 5) is 34.9. The fraction of sp³-hybridized carbons (Fsp3) is 0.471. The van der Waals surface area contributed by atoms with Gasteiger partial charge in [-0.1, -0.05) is 6.92 Å². The molecule has 126 valence electrons. The fourth-order valence-electron chi connectivity index (χ4n) is 1.95. The first kappa shape index (κ1) is 18.8. The predicted molar refractivity (Wildman–Crippen MR) is 81.6 cm³/mol. The molecule has 0 saturated heterocycles. The van der Waals surface area contributed by atoms with E-state index >= 15 is 0 Å². The molecule has 0 aliphatic rings. The van der Waals surface area contributed by atoms with Gasteiger partial charge in [0.25, 0.3) is 0 Å². The van der Waals surface area contributed by atoms with Crippen LogP contribution in [0.5, 0.6) is 0 Å². The average molecular weight is 324 g/mol. The van der Waals surface area contributed by atoms with Crippen LogP contribution in [0.1, 0.15) is 49.9 Å². The molecule has 2 unspecified atom stereocenters. The number of carboxylic acid groups (broad SMARTS) is 1. The largest absolute Gasteiger partial charge is 0.481 e. The zero-order valence-electron chi connectivity index (χ0n) is 13.3. The van der Waals surface area contributed by atoms with Gasteiger partial charge >= 0.3 is 11.9 Å². The SMILES string of the molecule is CCC(C)OC(=O)C(CCCC(=O)c1ccc(F)cc1)C(=O)O. The van der Waals surface area contributed by atoms with Crippen LogP contribution in [0.2, 0.25) is 0 Å². The Labute approximate surface area is 134 Å². The Bertz CT molecular complexity index is 553. The second kappa shape index (κ2) is 9.02. The lowest BCUT2D eigenvalue weighted by molar-refractivity contribution is -0.162. The molecule has 0 aromatic heterocycles. The maximum atomic E-state index is 12.8. The van der Waals surface area contributed by atoms with Crippen LogP contribution in [0.15, 0.2) is 24.3 Å². The molecular weight excluding hydrogens is 303 g/mol. The van der Waals surface area contributed by atoms with Crippen LogP contribution < -0.4 is 0 Å². The summed E-state index contributed by atoms with van der Waals surface area (Å²) in [7, 11) is 0. The molecule has 0 radical (unpaired) electrons. The Morgan fingerprint density at radius 1 is 1.22 bits per heavy atom. The molecule has 1 N–H and O–H groups in total. The Hall–Kier alpha value is -2.24. The van der Waals surface area contributed by atoms with Gasteiger partial charge in [-0.05, 0) is 50.5 Å². The summed E-state index contributed by atoms with van der Waals surface area (Å²) < 4.78 is 17.8. The summed E-state index contributed by atoms with van der Waals surface area (Å²) in [5.41, 5.74) is 0.362. The Kier molecular flexibility index (Phi) is 7.38. The zero-order valence-corrected chi connectivity index (χ0v) is 13.3. The van der Waals surface area contributed by atoms with Crippen LogP contribution in [0.4, 0.5) is 4.39 Å². The van der Waals surface area contributed by atoms with Crippen molar-refractivity contribution >= 4 is 17.7 Å². The van der Waals surface area contributed by atoms with Gasteiger partial charge in [0.1, 0.15) is 5.82 Å². The van der Waals surface area contributed by atoms with E-state index in [0.717, 1.165) is 0 Å². The second-order valence-electron chi connectivity index (χ2n) is 5.37. The molecule has 0 fully saturated rings. The van der Waals surface area contributed by atoms with Crippen molar-refractivity contribution < 1.29 is 28.6 Å². The smallest absolute Gasteiger partial charge is 0.320 e. The van der Waals surface area contributed by atoms with E-state index in [0.29, 0.717) is 12.0 Å². The van der Waals surface area contributed by atoms with E-state index < -0.39 is 23.7 Å². The zero-order chi connectivity index (χ0) is 17.4. The molecule has 5 nitrogen and oxygen atoms in total. The lowest BCUT2D eigenvalue weighted by Crippen LogP contribution is -2.28. The highest BCUT2D eigenvalue weighted by Crippen LogP contribution is 2.15. The number of halogens is 1. The second-order valence-corrected chi connectivity index (χ2v) is 5.37. The monoisotopic (exact) mass is 324 g/mol. The number of carbonyl (C=O) groups excluding carboxylic acids is 2. The fourth-order valence-corrected chi connectivity index (χ4v) is 1.95. The molecule has 0 saturated carbocycles. The number of benzene rings is 1. The van der Waals surface area contributed by atoms with Crippen LogP contribution in [-0.4, -0.2) is 28.9 Å². The first-order valence-electron chi connectivity index (χ1n) is 7.57. The molecule has 0 bridgehead atoms. The Morgan fingerprint density at radius 2 is 1.83 bits per heavy atom. The number of hydrogen-bond acceptors (Lipinski definition) is 4. The molecule has 0 spiro atoms. The molecule has 1 aromatic rings. The van der Waals surface area contributed by atoms with Gasteiger partial charge in [-0.2, -0.15) is 0 Å². The Morgan fingerprint density at radius 3 is 2.35 bits per heavy atom. The summed E-state index contributed by atoms with van der Waals surface area (Å²) in [5, 5.41) is 9.11. The summed E-state index contributed by atoms with van der Waals surface area (Å²) in [5.74, 6) is -3.96. The van der Waals surface area contributed by atoms with Crippen molar-refractivity contribution in [1.82, 2.24) is 0 Å². The molecule has 23 heavy (non-hydrogen) atoms. The minimum atomic E-state index is -1.27. The van der Waals surface area contributed by atoms with E-state index in [9.17, 15) is 18.8 Å². The molecule has 0 heterocycles. The van der Waals surface area contributed by atoms with Gasteiger partial charge in [0, 0.05) is 12.0 Å². The van der Waals surface area contributed by atoms with Crippen LogP contribution in [0, 0.1) is 11.7 Å². The number of ether oxygens (including phenoxy) is 1. The molecular formula is C17H21FO5. The lowest BCUT2D eigenvalue weighted by atomic mass is 9.99. The maximum Gasteiger partial charge on any atom is 0.320 e. The van der Waals surface area contributed by atoms with Crippen molar-refractivity contribution in [2.45, 2.75) is 45.6 Å². The van der Waals surface area contributed by atoms with E-state index in [1.54, 1.807) is 6.92 Å². The third-order valence-electron chi connectivity index (χ3n) is 3.54. The van der Waals surface area contributed by atoms with Crippen LogP contribution in [-0.2, 0) is 14.3 Å². The molecule has 1 rings (SSSR count). The van der Waals surface area contributed by atoms with E-state index in [4.69, 9.17) is 9.84 Å². The summed E-state index contributed by atoms with van der Waals surface area (Å²) in [6, 6.07) is 5.14. The highest BCUT2D eigenvalue weighted by molar-refractivity contribution is 5.96. The van der Waals surface area contributed by atoms with Gasteiger partial charge in [-0.15, -0.1) is 0 Å². The minimum Gasteiger partial charge on any atom is -0.481 e. The maximum absolute atomic E-state index is 12.8. The summed E-state index contributed by atoms with van der Waals surface area (Å²) in [6.45, 7) is 3.52. The number of esters is 1. The van der Waals surface area contributed by atoms with Crippen molar-refractivity contribution in [2.24, 2.45) is 5.92 Å². The van der Waals surface area contributed by atoms with E-state index in [1.807, 2.05) is 6.92 Å². The van der Waals surface area contributed by atoms with Crippen molar-refractivity contribution in [2.75, 3.05) is 0 Å². The van der Waals surface area contributed by atoms with Crippen LogP contribution in [0.25, 0.3) is 0 Å². The third kappa shape index (κ3) is 6.18.